The molecule has 1 saturated heterocycles. The molecule has 0 aliphatic carbocycles. The van der Waals surface area contributed by atoms with Gasteiger partial charge in [-0.1, -0.05) is 42.5 Å². The number of aliphatic hydroxyl groups is 1. The molecule has 1 aliphatic rings. The maximum absolute atomic E-state index is 10.8. The Labute approximate surface area is 131 Å². The molecule has 0 amide bonds. The smallest absolute Gasteiger partial charge is 0.115 e. The van der Waals surface area contributed by atoms with Crippen LogP contribution >= 0.6 is 0 Å². The standard InChI is InChI=1S/C19H23NO2/c21-18-8-6-16(7-9-18)10-13-20-14-11-19(22,12-15-20)17-4-2-1-3-5-17/h1-9,21-22H,10-15H2. The minimum atomic E-state index is -0.670. The van der Waals surface area contributed by atoms with Crippen LogP contribution in [-0.2, 0) is 12.0 Å². The van der Waals surface area contributed by atoms with Gasteiger partial charge in [-0.3, -0.25) is 0 Å². The highest BCUT2D eigenvalue weighted by Gasteiger charge is 2.33. The van der Waals surface area contributed by atoms with Gasteiger partial charge in [0.15, 0.2) is 0 Å². The lowest BCUT2D eigenvalue weighted by atomic mass is 9.84. The van der Waals surface area contributed by atoms with E-state index in [4.69, 9.17) is 0 Å². The molecule has 0 saturated carbocycles. The Hall–Kier alpha value is -1.84. The van der Waals surface area contributed by atoms with Crippen molar-refractivity contribution in [2.45, 2.75) is 24.9 Å². The second-order valence-electron chi connectivity index (χ2n) is 6.16. The van der Waals surface area contributed by atoms with Gasteiger partial charge in [-0.15, -0.1) is 0 Å². The predicted molar refractivity (Wildman–Crippen MR) is 87.8 cm³/mol. The van der Waals surface area contributed by atoms with Gasteiger partial charge >= 0.3 is 0 Å². The number of nitrogens with zero attached hydrogens (tertiary/aromatic N) is 1. The van der Waals surface area contributed by atoms with Gasteiger partial charge in [-0.2, -0.15) is 0 Å². The van der Waals surface area contributed by atoms with E-state index in [1.807, 2.05) is 42.5 Å². The SMILES string of the molecule is Oc1ccc(CCN2CCC(O)(c3ccccc3)CC2)cc1. The lowest BCUT2D eigenvalue weighted by Gasteiger charge is -2.38. The number of rotatable bonds is 4. The van der Waals surface area contributed by atoms with Crippen molar-refractivity contribution >= 4 is 0 Å². The molecule has 0 radical (unpaired) electrons. The Balaban J connectivity index is 1.52. The molecule has 3 nitrogen and oxygen atoms in total. The van der Waals surface area contributed by atoms with Crippen molar-refractivity contribution in [3.8, 4) is 5.75 Å². The molecule has 116 valence electrons. The second kappa shape index (κ2) is 6.51. The lowest BCUT2D eigenvalue weighted by Crippen LogP contribution is -2.43. The molecule has 2 aromatic carbocycles. The maximum Gasteiger partial charge on any atom is 0.115 e. The summed E-state index contributed by atoms with van der Waals surface area (Å²) in [6.45, 7) is 2.84. The average molecular weight is 297 g/mol. The van der Waals surface area contributed by atoms with Gasteiger partial charge in [0.1, 0.15) is 5.75 Å². The van der Waals surface area contributed by atoms with Crippen LogP contribution in [0.15, 0.2) is 54.6 Å². The second-order valence-corrected chi connectivity index (χ2v) is 6.16. The van der Waals surface area contributed by atoms with Crippen LogP contribution in [0.2, 0.25) is 0 Å². The van der Waals surface area contributed by atoms with Gasteiger partial charge in [0.05, 0.1) is 5.60 Å². The Bertz CT molecular complexity index is 587. The van der Waals surface area contributed by atoms with E-state index in [0.717, 1.165) is 44.5 Å². The van der Waals surface area contributed by atoms with E-state index in [1.54, 1.807) is 12.1 Å². The van der Waals surface area contributed by atoms with Crippen LogP contribution in [0.3, 0.4) is 0 Å². The number of likely N-dealkylation sites (tertiary alicyclic amines) is 1. The third-order valence-electron chi connectivity index (χ3n) is 4.65. The Morgan fingerprint density at radius 1 is 0.909 bits per heavy atom. The summed E-state index contributed by atoms with van der Waals surface area (Å²) in [7, 11) is 0. The first-order valence-corrected chi connectivity index (χ1v) is 7.94. The molecule has 0 atom stereocenters. The monoisotopic (exact) mass is 297 g/mol. The molecular weight excluding hydrogens is 274 g/mol. The summed E-state index contributed by atoms with van der Waals surface area (Å²) in [6, 6.07) is 17.4. The van der Waals surface area contributed by atoms with Crippen molar-refractivity contribution in [3.05, 3.63) is 65.7 Å². The van der Waals surface area contributed by atoms with Gasteiger partial charge in [-0.25, -0.2) is 0 Å². The zero-order valence-corrected chi connectivity index (χ0v) is 12.8. The normalized spacial score (nSPS) is 18.2. The van der Waals surface area contributed by atoms with E-state index in [1.165, 1.54) is 5.56 Å². The summed E-state index contributed by atoms with van der Waals surface area (Å²) in [4.78, 5) is 2.41. The van der Waals surface area contributed by atoms with E-state index < -0.39 is 5.60 Å². The van der Waals surface area contributed by atoms with Crippen LogP contribution in [-0.4, -0.2) is 34.7 Å². The molecule has 1 fully saturated rings. The number of piperidine rings is 1. The minimum absolute atomic E-state index is 0.314. The van der Waals surface area contributed by atoms with Crippen molar-refractivity contribution in [2.24, 2.45) is 0 Å². The van der Waals surface area contributed by atoms with Gasteiger partial charge in [-0.05, 0) is 42.5 Å². The summed E-state index contributed by atoms with van der Waals surface area (Å²) in [6.07, 6.45) is 2.54. The van der Waals surface area contributed by atoms with Gasteiger partial charge in [0.25, 0.3) is 0 Å². The van der Waals surface area contributed by atoms with E-state index in [0.29, 0.717) is 5.75 Å². The highest BCUT2D eigenvalue weighted by atomic mass is 16.3. The molecule has 22 heavy (non-hydrogen) atoms. The van der Waals surface area contributed by atoms with Gasteiger partial charge in [0.2, 0.25) is 0 Å². The van der Waals surface area contributed by atoms with E-state index in [9.17, 15) is 10.2 Å². The van der Waals surface area contributed by atoms with Gasteiger partial charge in [0, 0.05) is 19.6 Å². The van der Waals surface area contributed by atoms with Crippen LogP contribution in [0, 0.1) is 0 Å². The number of hydrogen-bond acceptors (Lipinski definition) is 3. The molecule has 1 heterocycles. The third kappa shape index (κ3) is 3.49. The van der Waals surface area contributed by atoms with Crippen LogP contribution < -0.4 is 0 Å². The maximum atomic E-state index is 10.8. The van der Waals surface area contributed by atoms with Crippen molar-refractivity contribution in [1.29, 1.82) is 0 Å². The molecule has 2 N–H and O–H groups in total. The predicted octanol–water partition coefficient (Wildman–Crippen LogP) is 2.92. The fraction of sp³-hybridized carbons (Fsp3) is 0.368. The number of phenolic OH excluding ortho intramolecular Hbond substituents is 1. The number of hydrogen-bond donors (Lipinski definition) is 2. The summed E-state index contributed by atoms with van der Waals surface area (Å²) < 4.78 is 0. The Morgan fingerprint density at radius 3 is 2.18 bits per heavy atom. The molecule has 1 aliphatic heterocycles. The first kappa shape index (κ1) is 15.1. The summed E-state index contributed by atoms with van der Waals surface area (Å²) in [5, 5.41) is 20.1. The van der Waals surface area contributed by atoms with E-state index >= 15 is 0 Å². The highest BCUT2D eigenvalue weighted by molar-refractivity contribution is 5.26. The van der Waals surface area contributed by atoms with Gasteiger partial charge < -0.3 is 15.1 Å². The summed E-state index contributed by atoms with van der Waals surface area (Å²) >= 11 is 0. The van der Waals surface area contributed by atoms with Crippen molar-refractivity contribution in [3.63, 3.8) is 0 Å². The van der Waals surface area contributed by atoms with Crippen LogP contribution in [0.1, 0.15) is 24.0 Å². The van der Waals surface area contributed by atoms with Crippen molar-refractivity contribution in [1.82, 2.24) is 4.90 Å². The summed E-state index contributed by atoms with van der Waals surface area (Å²) in [5.74, 6) is 0.314. The zero-order chi connectivity index (χ0) is 15.4. The van der Waals surface area contributed by atoms with E-state index in [2.05, 4.69) is 4.90 Å². The number of phenols is 1. The topological polar surface area (TPSA) is 43.7 Å². The highest BCUT2D eigenvalue weighted by Crippen LogP contribution is 2.32. The van der Waals surface area contributed by atoms with Crippen LogP contribution in [0.25, 0.3) is 0 Å². The van der Waals surface area contributed by atoms with Crippen molar-refractivity contribution in [2.75, 3.05) is 19.6 Å². The first-order valence-electron chi connectivity index (χ1n) is 7.94. The molecule has 0 aromatic heterocycles. The Morgan fingerprint density at radius 2 is 1.55 bits per heavy atom. The molecule has 2 aromatic rings. The van der Waals surface area contributed by atoms with E-state index in [-0.39, 0.29) is 0 Å². The number of benzene rings is 2. The van der Waals surface area contributed by atoms with Crippen LogP contribution in [0.4, 0.5) is 0 Å². The Kier molecular flexibility index (Phi) is 4.46. The molecular formula is C19H23NO2. The van der Waals surface area contributed by atoms with Crippen LogP contribution in [0.5, 0.6) is 5.75 Å². The fourth-order valence-corrected chi connectivity index (χ4v) is 3.13. The molecule has 3 rings (SSSR count). The lowest BCUT2D eigenvalue weighted by molar-refractivity contribution is -0.0255. The zero-order valence-electron chi connectivity index (χ0n) is 12.8. The fourth-order valence-electron chi connectivity index (χ4n) is 3.13. The molecule has 0 unspecified atom stereocenters. The van der Waals surface area contributed by atoms with Crippen molar-refractivity contribution < 1.29 is 10.2 Å². The first-order chi connectivity index (χ1) is 10.7. The average Bonchev–Trinajstić information content (AvgIpc) is 2.57. The summed E-state index contributed by atoms with van der Waals surface area (Å²) in [5.41, 5.74) is 1.60. The minimum Gasteiger partial charge on any atom is -0.508 e. The third-order valence-corrected chi connectivity index (χ3v) is 4.65. The number of aromatic hydroxyl groups is 1. The molecule has 3 heteroatoms. The largest absolute Gasteiger partial charge is 0.508 e. The molecule has 0 spiro atoms. The quantitative estimate of drug-likeness (QED) is 0.912. The molecule has 0 bridgehead atoms.